The Morgan fingerprint density at radius 2 is 1.97 bits per heavy atom. The topological polar surface area (TPSA) is 85.0 Å². The van der Waals surface area contributed by atoms with E-state index < -0.39 is 6.04 Å². The zero-order valence-electron chi connectivity index (χ0n) is 17.7. The minimum Gasteiger partial charge on any atom is -0.322 e. The number of piperidine rings is 1. The molecule has 3 heterocycles. The molecule has 3 aliphatic rings. The Morgan fingerprint density at radius 3 is 2.73 bits per heavy atom. The minimum absolute atomic E-state index is 0.115. The van der Waals surface area contributed by atoms with Crippen molar-refractivity contribution < 1.29 is 14.4 Å². The molecular formula is C22H31N5O3. The maximum absolute atomic E-state index is 12.8. The van der Waals surface area contributed by atoms with Gasteiger partial charge < -0.3 is 20.0 Å². The zero-order chi connectivity index (χ0) is 21.1. The maximum atomic E-state index is 12.8. The maximum Gasteiger partial charge on any atom is 0.255 e. The van der Waals surface area contributed by atoms with E-state index in [1.54, 1.807) is 4.90 Å². The fourth-order valence-corrected chi connectivity index (χ4v) is 4.62. The van der Waals surface area contributed by atoms with Crippen LogP contribution in [0, 0.1) is 0 Å². The highest BCUT2D eigenvalue weighted by Gasteiger charge is 2.39. The largest absolute Gasteiger partial charge is 0.322 e. The quantitative estimate of drug-likeness (QED) is 0.620. The van der Waals surface area contributed by atoms with E-state index in [-0.39, 0.29) is 24.1 Å². The summed E-state index contributed by atoms with van der Waals surface area (Å²) in [5.41, 5.74) is 2.82. The van der Waals surface area contributed by atoms with E-state index in [1.807, 2.05) is 12.1 Å². The van der Waals surface area contributed by atoms with Gasteiger partial charge in [0.2, 0.25) is 11.8 Å². The highest BCUT2D eigenvalue weighted by molar-refractivity contribution is 6.05. The number of carbonyl (C=O) groups excluding carboxylic acids is 3. The number of fused-ring (bicyclic) bond motifs is 1. The van der Waals surface area contributed by atoms with Gasteiger partial charge in [-0.25, -0.2) is 0 Å². The van der Waals surface area contributed by atoms with Gasteiger partial charge in [0.05, 0.1) is 0 Å². The van der Waals surface area contributed by atoms with E-state index in [0.29, 0.717) is 18.5 Å². The zero-order valence-corrected chi connectivity index (χ0v) is 17.7. The molecule has 2 N–H and O–H groups in total. The molecule has 3 aliphatic heterocycles. The third-order valence-corrected chi connectivity index (χ3v) is 6.26. The van der Waals surface area contributed by atoms with Crippen LogP contribution in [0.2, 0.25) is 0 Å². The van der Waals surface area contributed by atoms with E-state index in [1.165, 1.54) is 5.56 Å². The molecule has 0 radical (unpaired) electrons. The van der Waals surface area contributed by atoms with Gasteiger partial charge in [-0.15, -0.1) is 0 Å². The predicted octanol–water partition coefficient (Wildman–Crippen LogP) is 0.175. The molecule has 30 heavy (non-hydrogen) atoms. The van der Waals surface area contributed by atoms with Crippen LogP contribution in [0.3, 0.4) is 0 Å². The number of nitrogens with zero attached hydrogens (tertiary/aromatic N) is 3. The van der Waals surface area contributed by atoms with Crippen molar-refractivity contribution in [2.75, 3.05) is 46.3 Å². The molecular weight excluding hydrogens is 382 g/mol. The Morgan fingerprint density at radius 1 is 1.17 bits per heavy atom. The first kappa shape index (κ1) is 21.0. The van der Waals surface area contributed by atoms with Crippen molar-refractivity contribution in [2.45, 2.75) is 38.4 Å². The summed E-state index contributed by atoms with van der Waals surface area (Å²) < 4.78 is 0. The van der Waals surface area contributed by atoms with Crippen LogP contribution in [-0.4, -0.2) is 84.8 Å². The first-order valence-electron chi connectivity index (χ1n) is 10.9. The summed E-state index contributed by atoms with van der Waals surface area (Å²) in [6.45, 7) is 7.86. The van der Waals surface area contributed by atoms with Gasteiger partial charge >= 0.3 is 0 Å². The van der Waals surface area contributed by atoms with Crippen molar-refractivity contribution in [1.82, 2.24) is 25.3 Å². The van der Waals surface area contributed by atoms with Crippen LogP contribution in [0.25, 0.3) is 0 Å². The van der Waals surface area contributed by atoms with Gasteiger partial charge in [0.15, 0.2) is 0 Å². The molecule has 2 fully saturated rings. The van der Waals surface area contributed by atoms with Crippen LogP contribution in [0.1, 0.15) is 40.7 Å². The van der Waals surface area contributed by atoms with E-state index in [9.17, 15) is 14.4 Å². The molecule has 8 nitrogen and oxygen atoms in total. The first-order valence-corrected chi connectivity index (χ1v) is 10.9. The van der Waals surface area contributed by atoms with E-state index in [4.69, 9.17) is 0 Å². The van der Waals surface area contributed by atoms with Gasteiger partial charge in [0.25, 0.3) is 5.91 Å². The highest BCUT2D eigenvalue weighted by Crippen LogP contribution is 2.28. The summed E-state index contributed by atoms with van der Waals surface area (Å²) in [6.07, 6.45) is 1.82. The van der Waals surface area contributed by atoms with Gasteiger partial charge in [0.1, 0.15) is 6.04 Å². The van der Waals surface area contributed by atoms with Gasteiger partial charge in [0, 0.05) is 51.3 Å². The van der Waals surface area contributed by atoms with Crippen molar-refractivity contribution in [3.63, 3.8) is 0 Å². The number of nitrogens with one attached hydrogen (secondary N) is 2. The molecule has 0 saturated carbocycles. The van der Waals surface area contributed by atoms with Crippen molar-refractivity contribution >= 4 is 17.7 Å². The van der Waals surface area contributed by atoms with Crippen molar-refractivity contribution in [2.24, 2.45) is 0 Å². The minimum atomic E-state index is -0.557. The van der Waals surface area contributed by atoms with Gasteiger partial charge in [-0.05, 0) is 50.2 Å². The number of amides is 3. The van der Waals surface area contributed by atoms with Crippen LogP contribution in [0.4, 0.5) is 0 Å². The number of rotatable bonds is 7. The molecule has 0 aromatic heterocycles. The smallest absolute Gasteiger partial charge is 0.255 e. The molecule has 2 saturated heterocycles. The third-order valence-electron chi connectivity index (χ3n) is 6.26. The number of piperazine rings is 1. The number of carbonyl (C=O) groups is 3. The fraction of sp³-hybridized carbons (Fsp3) is 0.591. The summed E-state index contributed by atoms with van der Waals surface area (Å²) in [6, 6.07) is 5.43. The Balaban J connectivity index is 1.31. The standard InChI is InChI=1S/C22H31N5O3/c1-25(9-2-10-26-11-7-23-8-12-26)14-16-3-4-18-17(13-16)15-27(22(18)30)19-5-6-20(28)24-21(19)29/h3-4,13,19,23H,2,5-12,14-15H2,1H3,(H,24,28,29). The van der Waals surface area contributed by atoms with Gasteiger partial charge in [-0.2, -0.15) is 0 Å². The molecule has 0 spiro atoms. The number of imide groups is 1. The lowest BCUT2D eigenvalue weighted by Gasteiger charge is -2.29. The summed E-state index contributed by atoms with van der Waals surface area (Å²) in [4.78, 5) is 42.8. The van der Waals surface area contributed by atoms with Crippen LogP contribution < -0.4 is 10.6 Å². The van der Waals surface area contributed by atoms with Crippen LogP contribution >= 0.6 is 0 Å². The Bertz CT molecular complexity index is 821. The molecule has 1 atom stereocenters. The van der Waals surface area contributed by atoms with E-state index in [2.05, 4.69) is 33.5 Å². The highest BCUT2D eigenvalue weighted by atomic mass is 16.2. The van der Waals surface area contributed by atoms with Crippen LogP contribution in [0.5, 0.6) is 0 Å². The lowest BCUT2D eigenvalue weighted by Crippen LogP contribution is -2.52. The SMILES string of the molecule is CN(CCCN1CCNCC1)Cc1ccc2c(c1)CN(C1CCC(=O)NC1=O)C2=O. The molecule has 4 rings (SSSR count). The molecule has 162 valence electrons. The first-order chi connectivity index (χ1) is 14.5. The fourth-order valence-electron chi connectivity index (χ4n) is 4.62. The summed E-state index contributed by atoms with van der Waals surface area (Å²) in [7, 11) is 2.13. The van der Waals surface area contributed by atoms with Gasteiger partial charge in [-0.1, -0.05) is 12.1 Å². The van der Waals surface area contributed by atoms with Crippen LogP contribution in [0.15, 0.2) is 18.2 Å². The Kier molecular flexibility index (Phi) is 6.46. The molecule has 1 unspecified atom stereocenters. The predicted molar refractivity (Wildman–Crippen MR) is 113 cm³/mol. The summed E-state index contributed by atoms with van der Waals surface area (Å²) in [5.74, 6) is -0.741. The number of hydrogen-bond acceptors (Lipinski definition) is 6. The van der Waals surface area contributed by atoms with Crippen LogP contribution in [-0.2, 0) is 22.7 Å². The van der Waals surface area contributed by atoms with E-state index in [0.717, 1.165) is 57.8 Å². The molecule has 8 heteroatoms. The Hall–Kier alpha value is -2.29. The average Bonchev–Trinajstić information content (AvgIpc) is 3.04. The molecule has 0 bridgehead atoms. The van der Waals surface area contributed by atoms with Gasteiger partial charge in [-0.3, -0.25) is 19.7 Å². The summed E-state index contributed by atoms with van der Waals surface area (Å²) >= 11 is 0. The number of benzene rings is 1. The molecule has 3 amide bonds. The lowest BCUT2D eigenvalue weighted by atomic mass is 10.0. The monoisotopic (exact) mass is 413 g/mol. The number of hydrogen-bond donors (Lipinski definition) is 2. The Labute approximate surface area is 177 Å². The molecule has 0 aliphatic carbocycles. The second-order valence-electron chi connectivity index (χ2n) is 8.57. The summed E-state index contributed by atoms with van der Waals surface area (Å²) in [5, 5.41) is 5.73. The average molecular weight is 414 g/mol. The van der Waals surface area contributed by atoms with E-state index >= 15 is 0 Å². The second-order valence-corrected chi connectivity index (χ2v) is 8.57. The van der Waals surface area contributed by atoms with Crippen molar-refractivity contribution in [3.05, 3.63) is 34.9 Å². The second kappa shape index (κ2) is 9.24. The lowest BCUT2D eigenvalue weighted by molar-refractivity contribution is -0.136. The molecule has 1 aromatic carbocycles. The normalized spacial score (nSPS) is 22.5. The third kappa shape index (κ3) is 4.71. The molecule has 1 aromatic rings. The van der Waals surface area contributed by atoms with Crippen molar-refractivity contribution in [3.8, 4) is 0 Å². The van der Waals surface area contributed by atoms with Crippen molar-refractivity contribution in [1.29, 1.82) is 0 Å².